The average molecular weight is 596 g/mol. The molecule has 5 nitrogen and oxygen atoms in total. The van der Waals surface area contributed by atoms with E-state index in [-0.39, 0.29) is 34.1 Å². The summed E-state index contributed by atoms with van der Waals surface area (Å²) in [4.78, 5) is 0. The van der Waals surface area contributed by atoms with Gasteiger partial charge in [-0.2, -0.15) is 0 Å². The van der Waals surface area contributed by atoms with Gasteiger partial charge in [0.25, 0.3) is 0 Å². The Morgan fingerprint density at radius 2 is 2.02 bits per heavy atom. The van der Waals surface area contributed by atoms with Crippen LogP contribution in [0.5, 0.6) is 0 Å². The van der Waals surface area contributed by atoms with E-state index in [4.69, 9.17) is 4.74 Å². The minimum absolute atomic E-state index is 0.0203. The summed E-state index contributed by atoms with van der Waals surface area (Å²) in [6, 6.07) is 8.93. The van der Waals surface area contributed by atoms with Crippen molar-refractivity contribution >= 4 is 27.3 Å². The molecule has 4 fully saturated rings. The first kappa shape index (κ1) is 27.4. The molecular weight excluding hydrogens is 551 g/mol. The van der Waals surface area contributed by atoms with Crippen molar-refractivity contribution in [2.24, 2.45) is 51.8 Å². The van der Waals surface area contributed by atoms with Crippen LogP contribution in [0.15, 0.2) is 48.3 Å². The lowest BCUT2D eigenvalue weighted by atomic mass is 9.41. The molecule has 1 heterocycles. The van der Waals surface area contributed by atoms with Crippen LogP contribution in [0, 0.1) is 51.8 Å². The van der Waals surface area contributed by atoms with Crippen molar-refractivity contribution in [1.29, 1.82) is 0 Å². The van der Waals surface area contributed by atoms with Gasteiger partial charge in [-0.3, -0.25) is 0 Å². The second kappa shape index (κ2) is 9.20. The van der Waals surface area contributed by atoms with Gasteiger partial charge in [-0.25, -0.2) is 0 Å². The van der Waals surface area contributed by atoms with Crippen LogP contribution < -0.4 is 5.32 Å². The van der Waals surface area contributed by atoms with Crippen molar-refractivity contribution < 1.29 is 20.1 Å². The van der Waals surface area contributed by atoms with Crippen molar-refractivity contribution in [3.63, 3.8) is 0 Å². The highest BCUT2D eigenvalue weighted by molar-refractivity contribution is 8.76. The van der Waals surface area contributed by atoms with E-state index in [1.165, 1.54) is 24.8 Å². The highest BCUT2D eigenvalue weighted by Crippen LogP contribution is 2.89. The molecule has 13 atom stereocenters. The summed E-state index contributed by atoms with van der Waals surface area (Å²) in [5.74, 6) is 4.49. The number of hydrogen-bond donors (Lipinski definition) is 4. The molecular formula is C34H45NO4S2. The Hall–Kier alpha value is -1.12. The molecule has 6 aliphatic carbocycles. The SMILES string of the molecule is CO[C@H]1C=C(O)[C@H]2[C@@H]3C[C@H]4CC[C@]56C[C@@H]7CSSC[C@H]([C@H](C)O)Nc8cccc(c8)C[C@H]7[C@H]5C=CC[C@@]4([C@@]12O)[C@]36C. The number of anilines is 1. The second-order valence-electron chi connectivity index (χ2n) is 14.7. The summed E-state index contributed by atoms with van der Waals surface area (Å²) in [5.41, 5.74) is 1.20. The number of nitrogens with one attached hydrogen (secondary N) is 1. The van der Waals surface area contributed by atoms with Gasteiger partial charge in [-0.15, -0.1) is 0 Å². The van der Waals surface area contributed by atoms with Crippen LogP contribution >= 0.6 is 21.6 Å². The van der Waals surface area contributed by atoms with Gasteiger partial charge in [0.1, 0.15) is 11.7 Å². The third kappa shape index (κ3) is 3.18. The van der Waals surface area contributed by atoms with E-state index in [2.05, 4.69) is 48.7 Å². The van der Waals surface area contributed by atoms with Crippen LogP contribution in [0.25, 0.3) is 0 Å². The maximum absolute atomic E-state index is 12.9. The molecule has 0 unspecified atom stereocenters. The van der Waals surface area contributed by atoms with E-state index in [0.29, 0.717) is 29.4 Å². The fourth-order valence-electron chi connectivity index (χ4n) is 12.5. The Morgan fingerprint density at radius 3 is 2.83 bits per heavy atom. The molecule has 0 radical (unpaired) electrons. The number of fused-ring (bicyclic) bond motifs is 6. The van der Waals surface area contributed by atoms with Crippen molar-refractivity contribution in [3.8, 4) is 0 Å². The zero-order valence-electron chi connectivity index (χ0n) is 24.5. The maximum atomic E-state index is 12.9. The number of allylic oxidation sites excluding steroid dienone is 2. The number of methoxy groups -OCH3 is 1. The molecule has 0 amide bonds. The summed E-state index contributed by atoms with van der Waals surface area (Å²) < 4.78 is 5.99. The Kier molecular flexibility index (Phi) is 6.15. The van der Waals surface area contributed by atoms with E-state index < -0.39 is 17.8 Å². The van der Waals surface area contributed by atoms with E-state index >= 15 is 0 Å². The molecule has 7 aliphatic rings. The lowest BCUT2D eigenvalue weighted by molar-refractivity contribution is -0.228. The van der Waals surface area contributed by atoms with E-state index in [1.54, 1.807) is 7.11 Å². The predicted octanol–water partition coefficient (Wildman–Crippen LogP) is 6.24. The highest BCUT2D eigenvalue weighted by atomic mass is 33.1. The largest absolute Gasteiger partial charge is 0.512 e. The number of benzene rings is 1. The number of aliphatic hydroxyl groups is 3. The quantitative estimate of drug-likeness (QED) is 0.238. The van der Waals surface area contributed by atoms with E-state index in [1.807, 2.05) is 34.6 Å². The standard InChI is InChI=1S/C34H45NO4S2/c1-19(36)27-18-41-40-17-21-16-32-11-9-22-14-26-30-28(37)15-29(39-3)34(30,38)33(22,31(26,32)2)10-5-8-25(32)24(21)13-20-6-4-7-23(12-20)35-27/h4-8,12,15,19,21-22,24-27,29-30,35-38H,9-11,13-14,16-18H2,1-3H3/t19-,21+,22+,24+,25+,26-,27+,29-,30+,31+,32-,33-,34+/m0/s1. The molecule has 8 rings (SSSR count). The zero-order valence-corrected chi connectivity index (χ0v) is 26.1. The van der Waals surface area contributed by atoms with Crippen LogP contribution in [0.4, 0.5) is 5.69 Å². The predicted molar refractivity (Wildman–Crippen MR) is 167 cm³/mol. The van der Waals surface area contributed by atoms with Gasteiger partial charge < -0.3 is 25.4 Å². The van der Waals surface area contributed by atoms with Gasteiger partial charge in [-0.05, 0) is 110 Å². The van der Waals surface area contributed by atoms with Crippen molar-refractivity contribution in [3.05, 3.63) is 53.8 Å². The molecule has 1 aromatic rings. The summed E-state index contributed by atoms with van der Waals surface area (Å²) in [5, 5.41) is 38.4. The smallest absolute Gasteiger partial charge is 0.111 e. The Balaban J connectivity index is 1.24. The summed E-state index contributed by atoms with van der Waals surface area (Å²) >= 11 is 0. The molecule has 1 aliphatic heterocycles. The monoisotopic (exact) mass is 595 g/mol. The molecule has 7 heteroatoms. The average Bonchev–Trinajstić information content (AvgIpc) is 3.49. The minimum atomic E-state index is -1.05. The third-order valence-electron chi connectivity index (χ3n) is 13.9. The lowest BCUT2D eigenvalue weighted by Crippen LogP contribution is -2.65. The van der Waals surface area contributed by atoms with Gasteiger partial charge in [0.05, 0.1) is 23.8 Å². The van der Waals surface area contributed by atoms with E-state index in [0.717, 1.165) is 36.5 Å². The zero-order chi connectivity index (χ0) is 28.4. The molecule has 4 N–H and O–H groups in total. The normalized spacial score (nSPS) is 51.8. The van der Waals surface area contributed by atoms with E-state index in [9.17, 15) is 15.3 Å². The summed E-state index contributed by atoms with van der Waals surface area (Å²) in [6.07, 6.45) is 12.7. The number of ether oxygens (including phenoxy) is 1. The van der Waals surface area contributed by atoms with Crippen LogP contribution in [-0.4, -0.2) is 57.8 Å². The maximum Gasteiger partial charge on any atom is 0.111 e. The minimum Gasteiger partial charge on any atom is -0.512 e. The highest BCUT2D eigenvalue weighted by Gasteiger charge is 2.89. The Bertz CT molecular complexity index is 1300. The molecule has 0 aromatic heterocycles. The molecule has 1 spiro atoms. The topological polar surface area (TPSA) is 82.0 Å². The Labute approximate surface area is 252 Å². The van der Waals surface area contributed by atoms with Crippen molar-refractivity contribution in [2.75, 3.05) is 23.9 Å². The summed E-state index contributed by atoms with van der Waals surface area (Å²) in [7, 11) is 5.59. The van der Waals surface area contributed by atoms with Crippen molar-refractivity contribution in [1.82, 2.24) is 0 Å². The van der Waals surface area contributed by atoms with Crippen LogP contribution in [0.2, 0.25) is 0 Å². The number of rotatable bonds is 2. The first-order valence-corrected chi connectivity index (χ1v) is 18.3. The first-order valence-electron chi connectivity index (χ1n) is 15.8. The lowest BCUT2D eigenvalue weighted by Gasteiger charge is -2.63. The van der Waals surface area contributed by atoms with Gasteiger partial charge in [-0.1, -0.05) is 52.8 Å². The molecule has 222 valence electrons. The molecule has 4 saturated carbocycles. The van der Waals surface area contributed by atoms with Crippen molar-refractivity contribution in [2.45, 2.75) is 76.2 Å². The fourth-order valence-corrected chi connectivity index (χ4v) is 15.3. The first-order chi connectivity index (χ1) is 19.7. The Morgan fingerprint density at radius 1 is 1.20 bits per heavy atom. The van der Waals surface area contributed by atoms with Crippen LogP contribution in [0.3, 0.4) is 0 Å². The molecule has 0 saturated heterocycles. The van der Waals surface area contributed by atoms with Gasteiger partial charge in [0.15, 0.2) is 0 Å². The molecule has 1 aromatic carbocycles. The van der Waals surface area contributed by atoms with Crippen LogP contribution in [0.1, 0.15) is 51.5 Å². The van der Waals surface area contributed by atoms with Gasteiger partial charge in [0.2, 0.25) is 0 Å². The van der Waals surface area contributed by atoms with Gasteiger partial charge in [0, 0.05) is 29.7 Å². The van der Waals surface area contributed by atoms with Crippen LogP contribution in [-0.2, 0) is 11.2 Å². The third-order valence-corrected chi connectivity index (χ3v) is 16.4. The fraction of sp³-hybridized carbons (Fsp3) is 0.706. The summed E-state index contributed by atoms with van der Waals surface area (Å²) in [6.45, 7) is 4.44. The second-order valence-corrected chi connectivity index (χ2v) is 17.3. The number of hydrogen-bond acceptors (Lipinski definition) is 7. The van der Waals surface area contributed by atoms with Gasteiger partial charge >= 0.3 is 0 Å². The molecule has 41 heavy (non-hydrogen) atoms. The molecule has 7 bridgehead atoms. The number of aliphatic hydroxyl groups excluding tert-OH is 2.